The van der Waals surface area contributed by atoms with Gasteiger partial charge in [0.25, 0.3) is 0 Å². The van der Waals surface area contributed by atoms with E-state index in [0.29, 0.717) is 0 Å². The minimum absolute atomic E-state index is 0.0655. The molecule has 2 aromatic heterocycles. The molecule has 0 saturated heterocycles. The number of amides is 1. The van der Waals surface area contributed by atoms with Gasteiger partial charge in [-0.1, -0.05) is 6.07 Å². The normalized spacial score (nSPS) is 13.2. The van der Waals surface area contributed by atoms with E-state index in [2.05, 4.69) is 5.32 Å². The van der Waals surface area contributed by atoms with Crippen molar-refractivity contribution in [1.29, 1.82) is 0 Å². The van der Waals surface area contributed by atoms with Crippen molar-refractivity contribution in [3.8, 4) is 0 Å². The van der Waals surface area contributed by atoms with Crippen LogP contribution in [0.1, 0.15) is 30.4 Å². The van der Waals surface area contributed by atoms with E-state index in [1.54, 1.807) is 11.3 Å². The molecule has 2 aromatic rings. The third-order valence-corrected chi connectivity index (χ3v) is 4.98. The monoisotopic (exact) mass is 295 g/mol. The van der Waals surface area contributed by atoms with E-state index in [0.717, 1.165) is 10.4 Å². The number of aliphatic hydroxyl groups excluding tert-OH is 1. The summed E-state index contributed by atoms with van der Waals surface area (Å²) in [5.41, 5.74) is 0.280. The first kappa shape index (κ1) is 14.2. The van der Waals surface area contributed by atoms with E-state index in [1.165, 1.54) is 11.3 Å². The van der Waals surface area contributed by atoms with E-state index >= 15 is 0 Å². The van der Waals surface area contributed by atoms with Crippen LogP contribution in [-0.2, 0) is 10.2 Å². The molecule has 0 bridgehead atoms. The molecule has 2 rings (SSSR count). The Morgan fingerprint density at radius 3 is 2.79 bits per heavy atom. The average molecular weight is 295 g/mol. The predicted octanol–water partition coefficient (Wildman–Crippen LogP) is 2.94. The van der Waals surface area contributed by atoms with Crippen LogP contribution in [0.4, 0.5) is 0 Å². The zero-order valence-corrected chi connectivity index (χ0v) is 12.6. The molecule has 2 heterocycles. The molecule has 3 nitrogen and oxygen atoms in total. The van der Waals surface area contributed by atoms with Crippen molar-refractivity contribution in [3.63, 3.8) is 0 Å². The maximum atomic E-state index is 12.2. The Morgan fingerprint density at radius 1 is 1.42 bits per heavy atom. The van der Waals surface area contributed by atoms with Crippen molar-refractivity contribution in [2.24, 2.45) is 0 Å². The quantitative estimate of drug-likeness (QED) is 0.891. The first-order valence-corrected chi connectivity index (χ1v) is 7.86. The van der Waals surface area contributed by atoms with Crippen LogP contribution in [0.15, 0.2) is 34.3 Å². The van der Waals surface area contributed by atoms with Gasteiger partial charge in [0, 0.05) is 11.4 Å². The molecule has 0 aliphatic carbocycles. The van der Waals surface area contributed by atoms with Gasteiger partial charge in [-0.25, -0.2) is 0 Å². The summed E-state index contributed by atoms with van der Waals surface area (Å²) in [7, 11) is 0. The van der Waals surface area contributed by atoms with Crippen molar-refractivity contribution in [2.45, 2.75) is 25.4 Å². The van der Waals surface area contributed by atoms with Gasteiger partial charge >= 0.3 is 0 Å². The molecule has 2 N–H and O–H groups in total. The molecule has 0 spiro atoms. The molecule has 19 heavy (non-hydrogen) atoms. The minimum Gasteiger partial charge on any atom is -0.387 e. The average Bonchev–Trinajstić information content (AvgIpc) is 3.06. The van der Waals surface area contributed by atoms with Crippen LogP contribution >= 0.6 is 22.7 Å². The van der Waals surface area contributed by atoms with E-state index in [1.807, 2.05) is 48.2 Å². The second-order valence-corrected chi connectivity index (χ2v) is 6.61. The van der Waals surface area contributed by atoms with Crippen LogP contribution in [0.25, 0.3) is 0 Å². The molecule has 1 atom stereocenters. The third kappa shape index (κ3) is 3.23. The molecule has 0 aliphatic heterocycles. The van der Waals surface area contributed by atoms with Gasteiger partial charge < -0.3 is 10.4 Å². The molecule has 0 aliphatic rings. The Morgan fingerprint density at radius 2 is 2.21 bits per heavy atom. The van der Waals surface area contributed by atoms with Crippen LogP contribution < -0.4 is 5.32 Å². The molecule has 0 unspecified atom stereocenters. The Bertz CT molecular complexity index is 518. The molecular formula is C14H17NO2S2. The van der Waals surface area contributed by atoms with Crippen LogP contribution in [0, 0.1) is 0 Å². The van der Waals surface area contributed by atoms with E-state index in [4.69, 9.17) is 0 Å². The Balaban J connectivity index is 1.94. The number of aliphatic hydroxyl groups is 1. The highest BCUT2D eigenvalue weighted by Crippen LogP contribution is 2.27. The molecule has 1 amide bonds. The summed E-state index contributed by atoms with van der Waals surface area (Å²) in [6.45, 7) is 4.03. The molecule has 0 fully saturated rings. The lowest BCUT2D eigenvalue weighted by Crippen LogP contribution is -2.41. The number of hydrogen-bond acceptors (Lipinski definition) is 4. The lowest BCUT2D eigenvalue weighted by atomic mass is 9.90. The molecule has 102 valence electrons. The number of carbonyl (C=O) groups is 1. The summed E-state index contributed by atoms with van der Waals surface area (Å²) in [6, 6.07) is 5.76. The van der Waals surface area contributed by atoms with Gasteiger partial charge in [-0.3, -0.25) is 4.79 Å². The molecular weight excluding hydrogens is 278 g/mol. The molecule has 0 aromatic carbocycles. The first-order valence-electron chi connectivity index (χ1n) is 6.04. The van der Waals surface area contributed by atoms with Crippen LogP contribution in [0.3, 0.4) is 0 Å². The van der Waals surface area contributed by atoms with Gasteiger partial charge in [-0.2, -0.15) is 11.3 Å². The van der Waals surface area contributed by atoms with Crippen molar-refractivity contribution in [1.82, 2.24) is 5.32 Å². The van der Waals surface area contributed by atoms with Gasteiger partial charge in [-0.15, -0.1) is 11.3 Å². The summed E-state index contributed by atoms with van der Waals surface area (Å²) in [4.78, 5) is 13.2. The summed E-state index contributed by atoms with van der Waals surface area (Å²) >= 11 is 3.10. The Labute approximate surface area is 120 Å². The van der Waals surface area contributed by atoms with Gasteiger partial charge in [0.15, 0.2) is 0 Å². The maximum absolute atomic E-state index is 12.2. The fourth-order valence-corrected chi connectivity index (χ4v) is 3.29. The standard InChI is InChI=1S/C14H17NO2S2/c1-14(2,12-4-3-6-19-12)13(17)15-8-11(16)10-5-7-18-9-10/h3-7,9,11,16H,8H2,1-2H3,(H,15,17)/t11-/m1/s1. The van der Waals surface area contributed by atoms with Crippen LogP contribution in [0.2, 0.25) is 0 Å². The second kappa shape index (κ2) is 5.86. The zero-order chi connectivity index (χ0) is 13.9. The van der Waals surface area contributed by atoms with Gasteiger partial charge in [0.2, 0.25) is 5.91 Å². The minimum atomic E-state index is -0.644. The highest BCUT2D eigenvalue weighted by atomic mass is 32.1. The molecule has 0 saturated carbocycles. The Hall–Kier alpha value is -1.17. The predicted molar refractivity (Wildman–Crippen MR) is 79.6 cm³/mol. The maximum Gasteiger partial charge on any atom is 0.231 e. The summed E-state index contributed by atoms with van der Waals surface area (Å²) in [5, 5.41) is 18.5. The summed E-state index contributed by atoms with van der Waals surface area (Å²) in [6.07, 6.45) is -0.644. The topological polar surface area (TPSA) is 49.3 Å². The smallest absolute Gasteiger partial charge is 0.231 e. The number of carbonyl (C=O) groups excluding carboxylic acids is 1. The zero-order valence-electron chi connectivity index (χ0n) is 10.9. The van der Waals surface area contributed by atoms with Crippen LogP contribution in [-0.4, -0.2) is 17.6 Å². The second-order valence-electron chi connectivity index (χ2n) is 4.88. The van der Waals surface area contributed by atoms with Crippen LogP contribution in [0.5, 0.6) is 0 Å². The highest BCUT2D eigenvalue weighted by Gasteiger charge is 2.30. The number of thiophene rings is 2. The Kier molecular flexibility index (Phi) is 4.39. The summed E-state index contributed by atoms with van der Waals surface area (Å²) in [5.74, 6) is -0.0655. The van der Waals surface area contributed by atoms with Crippen molar-refractivity contribution < 1.29 is 9.90 Å². The lowest BCUT2D eigenvalue weighted by Gasteiger charge is -2.23. The third-order valence-electron chi connectivity index (χ3n) is 3.09. The van der Waals surface area contributed by atoms with Crippen molar-refractivity contribution in [3.05, 3.63) is 44.8 Å². The van der Waals surface area contributed by atoms with Gasteiger partial charge in [0.1, 0.15) is 0 Å². The lowest BCUT2D eigenvalue weighted by molar-refractivity contribution is -0.126. The van der Waals surface area contributed by atoms with Gasteiger partial charge in [-0.05, 0) is 47.7 Å². The first-order chi connectivity index (χ1) is 9.01. The molecule has 5 heteroatoms. The SMILES string of the molecule is CC(C)(C(=O)NC[C@@H](O)c1ccsc1)c1cccs1. The van der Waals surface area contributed by atoms with Gasteiger partial charge in [0.05, 0.1) is 11.5 Å². The van der Waals surface area contributed by atoms with E-state index in [-0.39, 0.29) is 12.5 Å². The highest BCUT2D eigenvalue weighted by molar-refractivity contribution is 7.10. The summed E-state index contributed by atoms with van der Waals surface area (Å²) < 4.78 is 0. The number of rotatable bonds is 5. The fourth-order valence-electron chi connectivity index (χ4n) is 1.74. The fraction of sp³-hybridized carbons (Fsp3) is 0.357. The van der Waals surface area contributed by atoms with Crippen molar-refractivity contribution in [2.75, 3.05) is 6.54 Å². The van der Waals surface area contributed by atoms with E-state index < -0.39 is 11.5 Å². The number of hydrogen-bond donors (Lipinski definition) is 2. The molecule has 0 radical (unpaired) electrons. The van der Waals surface area contributed by atoms with E-state index in [9.17, 15) is 9.90 Å². The largest absolute Gasteiger partial charge is 0.387 e. The van der Waals surface area contributed by atoms with Crippen molar-refractivity contribution >= 4 is 28.6 Å². The number of nitrogens with one attached hydrogen (secondary N) is 1.